The molecular weight excluding hydrogens is 180 g/mol. The summed E-state index contributed by atoms with van der Waals surface area (Å²) in [5.41, 5.74) is 2.33. The molecule has 2 rings (SSSR count). The monoisotopic (exact) mass is 202 g/mol. The predicted molar refractivity (Wildman–Crippen MR) is 66.0 cm³/mol. The highest BCUT2D eigenvalue weighted by Crippen LogP contribution is 2.51. The van der Waals surface area contributed by atoms with E-state index in [0.29, 0.717) is 10.8 Å². The minimum absolute atomic E-state index is 0.368. The molecule has 0 radical (unpaired) electrons. The molecule has 1 atom stereocenters. The van der Waals surface area contributed by atoms with Crippen LogP contribution >= 0.6 is 0 Å². The van der Waals surface area contributed by atoms with Crippen molar-refractivity contribution in [3.8, 4) is 0 Å². The lowest BCUT2D eigenvalue weighted by Crippen LogP contribution is -2.41. The zero-order chi connectivity index (χ0) is 10.9. The molecule has 0 saturated heterocycles. The predicted octanol–water partition coefficient (Wildman–Crippen LogP) is 4.54. The number of hydrogen-bond donors (Lipinski definition) is 0. The van der Waals surface area contributed by atoms with Crippen molar-refractivity contribution in [3.63, 3.8) is 0 Å². The average molecular weight is 202 g/mol. The van der Waals surface area contributed by atoms with Crippen molar-refractivity contribution >= 4 is 0 Å². The first-order valence-corrected chi connectivity index (χ1v) is 6.12. The summed E-state index contributed by atoms with van der Waals surface area (Å²) in [6.07, 6.45) is 5.48. The van der Waals surface area contributed by atoms with Gasteiger partial charge in [0.1, 0.15) is 0 Å². The smallest absolute Gasteiger partial charge is 0.00242 e. The molecule has 0 bridgehead atoms. The minimum Gasteiger partial charge on any atom is -0.0622 e. The van der Waals surface area contributed by atoms with Gasteiger partial charge in [0, 0.05) is 0 Å². The van der Waals surface area contributed by atoms with Crippen LogP contribution in [0.5, 0.6) is 0 Å². The fourth-order valence-corrected chi connectivity index (χ4v) is 3.00. The summed E-state index contributed by atoms with van der Waals surface area (Å²) in [4.78, 5) is 0. The molecule has 0 aromatic heterocycles. The molecule has 0 spiro atoms. The van der Waals surface area contributed by atoms with Crippen LogP contribution in [0.4, 0.5) is 0 Å². The third kappa shape index (κ3) is 1.71. The van der Waals surface area contributed by atoms with Gasteiger partial charge < -0.3 is 0 Å². The lowest BCUT2D eigenvalue weighted by atomic mass is 9.56. The van der Waals surface area contributed by atoms with Gasteiger partial charge in [-0.25, -0.2) is 0 Å². The van der Waals surface area contributed by atoms with E-state index in [-0.39, 0.29) is 0 Å². The van der Waals surface area contributed by atoms with Crippen LogP contribution in [-0.4, -0.2) is 0 Å². The fraction of sp³-hybridized carbons (Fsp3) is 0.600. The summed E-state index contributed by atoms with van der Waals surface area (Å²) in [7, 11) is 0. The summed E-state index contributed by atoms with van der Waals surface area (Å²) in [6.45, 7) is 7.31. The first kappa shape index (κ1) is 10.7. The van der Waals surface area contributed by atoms with Crippen LogP contribution in [0, 0.1) is 5.41 Å². The molecule has 1 aliphatic rings. The Kier molecular flexibility index (Phi) is 2.62. The van der Waals surface area contributed by atoms with Crippen LogP contribution in [0.25, 0.3) is 0 Å². The molecule has 0 N–H and O–H groups in total. The van der Waals surface area contributed by atoms with E-state index in [2.05, 4.69) is 51.1 Å². The van der Waals surface area contributed by atoms with E-state index in [1.165, 1.54) is 31.2 Å². The Labute approximate surface area is 93.7 Å². The SMILES string of the molecule is CC1(C)CCCCC1(C)c1ccccc1. The molecule has 0 aliphatic heterocycles. The second-order valence-corrected chi connectivity index (χ2v) is 5.79. The molecule has 0 nitrogen and oxygen atoms in total. The molecule has 0 heteroatoms. The molecule has 1 aliphatic carbocycles. The van der Waals surface area contributed by atoms with Crippen LogP contribution in [0.2, 0.25) is 0 Å². The van der Waals surface area contributed by atoms with Gasteiger partial charge in [0.25, 0.3) is 0 Å². The maximum atomic E-state index is 2.45. The first-order chi connectivity index (χ1) is 7.06. The Hall–Kier alpha value is -0.780. The Morgan fingerprint density at radius 3 is 2.07 bits per heavy atom. The van der Waals surface area contributed by atoms with Gasteiger partial charge in [-0.3, -0.25) is 0 Å². The average Bonchev–Trinajstić information content (AvgIpc) is 2.24. The summed E-state index contributed by atoms with van der Waals surface area (Å²) in [5, 5.41) is 0. The molecule has 1 unspecified atom stereocenters. The Morgan fingerprint density at radius 1 is 0.867 bits per heavy atom. The van der Waals surface area contributed by atoms with Gasteiger partial charge in [-0.1, -0.05) is 63.9 Å². The maximum Gasteiger partial charge on any atom is -0.00242 e. The Morgan fingerprint density at radius 2 is 1.47 bits per heavy atom. The summed E-state index contributed by atoms with van der Waals surface area (Å²) < 4.78 is 0. The van der Waals surface area contributed by atoms with Crippen molar-refractivity contribution in [1.29, 1.82) is 0 Å². The second kappa shape index (κ2) is 3.66. The molecule has 15 heavy (non-hydrogen) atoms. The van der Waals surface area contributed by atoms with E-state index in [4.69, 9.17) is 0 Å². The molecule has 0 amide bonds. The topological polar surface area (TPSA) is 0 Å². The van der Waals surface area contributed by atoms with Crippen molar-refractivity contribution in [3.05, 3.63) is 35.9 Å². The molecule has 1 aromatic rings. The van der Waals surface area contributed by atoms with Gasteiger partial charge in [0.05, 0.1) is 0 Å². The Bertz CT molecular complexity index is 323. The van der Waals surface area contributed by atoms with Crippen molar-refractivity contribution in [2.24, 2.45) is 5.41 Å². The van der Waals surface area contributed by atoms with E-state index < -0.39 is 0 Å². The third-order valence-corrected chi connectivity index (χ3v) is 4.63. The molecule has 1 fully saturated rings. The maximum absolute atomic E-state index is 2.45. The Balaban J connectivity index is 2.40. The summed E-state index contributed by atoms with van der Waals surface area (Å²) in [5.74, 6) is 0. The minimum atomic E-state index is 0.368. The van der Waals surface area contributed by atoms with Crippen LogP contribution in [0.15, 0.2) is 30.3 Å². The van der Waals surface area contributed by atoms with Gasteiger partial charge in [-0.15, -0.1) is 0 Å². The number of benzene rings is 1. The second-order valence-electron chi connectivity index (χ2n) is 5.79. The van der Waals surface area contributed by atoms with E-state index in [1.807, 2.05) is 0 Å². The van der Waals surface area contributed by atoms with Crippen molar-refractivity contribution < 1.29 is 0 Å². The van der Waals surface area contributed by atoms with E-state index in [0.717, 1.165) is 0 Å². The summed E-state index contributed by atoms with van der Waals surface area (Å²) >= 11 is 0. The largest absolute Gasteiger partial charge is 0.0622 e. The van der Waals surface area contributed by atoms with Gasteiger partial charge in [-0.2, -0.15) is 0 Å². The molecular formula is C15H22. The van der Waals surface area contributed by atoms with Gasteiger partial charge in [0.2, 0.25) is 0 Å². The van der Waals surface area contributed by atoms with Crippen molar-refractivity contribution in [2.45, 2.75) is 51.9 Å². The van der Waals surface area contributed by atoms with Crippen LogP contribution < -0.4 is 0 Å². The molecule has 0 heterocycles. The molecule has 1 aromatic carbocycles. The number of hydrogen-bond acceptors (Lipinski definition) is 0. The summed E-state index contributed by atoms with van der Waals surface area (Å²) in [6, 6.07) is 11.1. The van der Waals surface area contributed by atoms with Crippen LogP contribution in [0.3, 0.4) is 0 Å². The van der Waals surface area contributed by atoms with E-state index in [9.17, 15) is 0 Å². The standard InChI is InChI=1S/C15H22/c1-14(2)11-7-8-12-15(14,3)13-9-5-4-6-10-13/h4-6,9-10H,7-8,11-12H2,1-3H3. The van der Waals surface area contributed by atoms with E-state index >= 15 is 0 Å². The van der Waals surface area contributed by atoms with Gasteiger partial charge in [0.15, 0.2) is 0 Å². The van der Waals surface area contributed by atoms with Crippen molar-refractivity contribution in [1.82, 2.24) is 0 Å². The van der Waals surface area contributed by atoms with Crippen LogP contribution in [0.1, 0.15) is 52.0 Å². The lowest BCUT2D eigenvalue weighted by Gasteiger charge is -2.48. The van der Waals surface area contributed by atoms with Gasteiger partial charge >= 0.3 is 0 Å². The highest BCUT2D eigenvalue weighted by atomic mass is 14.5. The zero-order valence-corrected chi connectivity index (χ0v) is 10.2. The fourth-order valence-electron chi connectivity index (χ4n) is 3.00. The third-order valence-electron chi connectivity index (χ3n) is 4.63. The highest BCUT2D eigenvalue weighted by Gasteiger charge is 2.43. The van der Waals surface area contributed by atoms with Crippen molar-refractivity contribution in [2.75, 3.05) is 0 Å². The quantitative estimate of drug-likeness (QED) is 0.627. The molecule has 1 saturated carbocycles. The van der Waals surface area contributed by atoms with Crippen LogP contribution in [-0.2, 0) is 5.41 Å². The van der Waals surface area contributed by atoms with E-state index in [1.54, 1.807) is 0 Å². The normalized spacial score (nSPS) is 30.1. The lowest BCUT2D eigenvalue weighted by molar-refractivity contribution is 0.109. The molecule has 82 valence electrons. The number of rotatable bonds is 1. The highest BCUT2D eigenvalue weighted by molar-refractivity contribution is 5.27. The van der Waals surface area contributed by atoms with Gasteiger partial charge in [-0.05, 0) is 29.2 Å². The zero-order valence-electron chi connectivity index (χ0n) is 10.2. The first-order valence-electron chi connectivity index (χ1n) is 6.12.